The average molecular weight is 433 g/mol. The fourth-order valence-corrected chi connectivity index (χ4v) is 4.90. The number of amides is 1. The van der Waals surface area contributed by atoms with Crippen LogP contribution in [0.5, 0.6) is 0 Å². The lowest BCUT2D eigenvalue weighted by molar-refractivity contribution is -0.383. The maximum absolute atomic E-state index is 12.7. The average Bonchev–Trinajstić information content (AvgIpc) is 2.74. The Balaban J connectivity index is 1.58. The van der Waals surface area contributed by atoms with Crippen LogP contribution in [-0.4, -0.2) is 60.7 Å². The van der Waals surface area contributed by atoms with E-state index in [0.29, 0.717) is 13.1 Å². The van der Waals surface area contributed by atoms with Crippen molar-refractivity contribution in [3.8, 4) is 0 Å². The standard InChI is InChI=1S/C20H24N4O5S/c1-16(20(25)21-18-9-5-6-10-19(18)24(26)27)22-11-13-23(14-12-22)30(28,29)15-17-7-3-2-4-8-17/h2-10,16H,11-15H2,1H3,(H,21,25)/t16-/m1/s1. The molecule has 160 valence electrons. The van der Waals surface area contributed by atoms with Crippen molar-refractivity contribution < 1.29 is 18.1 Å². The number of piperazine rings is 1. The van der Waals surface area contributed by atoms with Gasteiger partial charge in [0.1, 0.15) is 5.69 Å². The van der Waals surface area contributed by atoms with E-state index in [1.165, 1.54) is 22.5 Å². The number of hydrogen-bond donors (Lipinski definition) is 1. The van der Waals surface area contributed by atoms with Gasteiger partial charge in [-0.2, -0.15) is 4.31 Å². The van der Waals surface area contributed by atoms with Gasteiger partial charge in [0.05, 0.1) is 16.7 Å². The van der Waals surface area contributed by atoms with E-state index in [0.717, 1.165) is 5.56 Å². The van der Waals surface area contributed by atoms with Crippen LogP contribution in [0.3, 0.4) is 0 Å². The summed E-state index contributed by atoms with van der Waals surface area (Å²) in [5, 5.41) is 13.7. The zero-order valence-electron chi connectivity index (χ0n) is 16.6. The smallest absolute Gasteiger partial charge is 0.292 e. The fourth-order valence-electron chi connectivity index (χ4n) is 3.39. The molecule has 0 unspecified atom stereocenters. The molecule has 1 fully saturated rings. The van der Waals surface area contributed by atoms with E-state index in [4.69, 9.17) is 0 Å². The van der Waals surface area contributed by atoms with Crippen LogP contribution < -0.4 is 5.32 Å². The molecule has 2 aromatic rings. The van der Waals surface area contributed by atoms with E-state index in [9.17, 15) is 23.3 Å². The van der Waals surface area contributed by atoms with E-state index < -0.39 is 21.0 Å². The third-order valence-electron chi connectivity index (χ3n) is 5.14. The van der Waals surface area contributed by atoms with Gasteiger partial charge in [0.15, 0.2) is 0 Å². The van der Waals surface area contributed by atoms with Crippen molar-refractivity contribution in [1.82, 2.24) is 9.21 Å². The summed E-state index contributed by atoms with van der Waals surface area (Å²) in [5.74, 6) is -0.424. The predicted octanol–water partition coefficient (Wildman–Crippen LogP) is 2.07. The third kappa shape index (κ3) is 5.21. The number of nitro groups is 1. The number of sulfonamides is 1. The van der Waals surface area contributed by atoms with Crippen LogP contribution in [0.25, 0.3) is 0 Å². The van der Waals surface area contributed by atoms with Gasteiger partial charge in [-0.3, -0.25) is 19.8 Å². The van der Waals surface area contributed by atoms with Gasteiger partial charge in [0.2, 0.25) is 15.9 Å². The van der Waals surface area contributed by atoms with Gasteiger partial charge >= 0.3 is 0 Å². The Bertz CT molecular complexity index is 1000. The number of para-hydroxylation sites is 2. The Morgan fingerprint density at radius 3 is 2.30 bits per heavy atom. The molecule has 2 aromatic carbocycles. The number of nitrogens with zero attached hydrogens (tertiary/aromatic N) is 3. The van der Waals surface area contributed by atoms with E-state index in [1.807, 2.05) is 11.0 Å². The molecule has 30 heavy (non-hydrogen) atoms. The molecule has 0 spiro atoms. The number of carbonyl (C=O) groups excluding carboxylic acids is 1. The molecule has 10 heteroatoms. The first-order valence-electron chi connectivity index (χ1n) is 9.58. The van der Waals surface area contributed by atoms with Crippen molar-refractivity contribution in [3.63, 3.8) is 0 Å². The number of nitro benzene ring substituents is 1. The Kier molecular flexibility index (Phi) is 6.80. The fraction of sp³-hybridized carbons (Fsp3) is 0.350. The summed E-state index contributed by atoms with van der Waals surface area (Å²) in [6.07, 6.45) is 0. The van der Waals surface area contributed by atoms with Crippen molar-refractivity contribution in [2.24, 2.45) is 0 Å². The molecule has 0 radical (unpaired) electrons. The first-order chi connectivity index (χ1) is 14.3. The van der Waals surface area contributed by atoms with Gasteiger partial charge in [0, 0.05) is 32.2 Å². The Morgan fingerprint density at radius 1 is 1.07 bits per heavy atom. The minimum atomic E-state index is -3.44. The van der Waals surface area contributed by atoms with Crippen molar-refractivity contribution in [3.05, 3.63) is 70.3 Å². The number of rotatable bonds is 7. The van der Waals surface area contributed by atoms with Gasteiger partial charge in [-0.05, 0) is 18.6 Å². The quantitative estimate of drug-likeness (QED) is 0.529. The summed E-state index contributed by atoms with van der Waals surface area (Å²) in [7, 11) is -3.44. The molecule has 0 aromatic heterocycles. The van der Waals surface area contributed by atoms with Gasteiger partial charge < -0.3 is 5.32 Å². The number of benzene rings is 2. The minimum Gasteiger partial charge on any atom is -0.319 e. The van der Waals surface area contributed by atoms with Gasteiger partial charge in [-0.15, -0.1) is 0 Å². The summed E-state index contributed by atoms with van der Waals surface area (Å²) in [4.78, 5) is 25.0. The summed E-state index contributed by atoms with van der Waals surface area (Å²) < 4.78 is 26.8. The molecule has 3 rings (SSSR count). The summed E-state index contributed by atoms with van der Waals surface area (Å²) in [5.41, 5.74) is 0.704. The maximum atomic E-state index is 12.7. The second-order valence-electron chi connectivity index (χ2n) is 7.12. The van der Waals surface area contributed by atoms with E-state index in [2.05, 4.69) is 5.32 Å². The van der Waals surface area contributed by atoms with Crippen LogP contribution >= 0.6 is 0 Å². The van der Waals surface area contributed by atoms with Crippen LogP contribution in [0, 0.1) is 10.1 Å². The Morgan fingerprint density at radius 2 is 1.67 bits per heavy atom. The molecule has 1 heterocycles. The molecule has 0 saturated carbocycles. The number of anilines is 1. The number of carbonyl (C=O) groups is 1. The van der Waals surface area contributed by atoms with E-state index >= 15 is 0 Å². The van der Waals surface area contributed by atoms with Gasteiger partial charge in [0.25, 0.3) is 5.69 Å². The first-order valence-corrected chi connectivity index (χ1v) is 11.2. The molecule has 0 bridgehead atoms. The highest BCUT2D eigenvalue weighted by Gasteiger charge is 2.31. The molecule has 1 amide bonds. The molecule has 1 aliphatic heterocycles. The lowest BCUT2D eigenvalue weighted by Gasteiger charge is -2.36. The van der Waals surface area contributed by atoms with Crippen molar-refractivity contribution in [2.45, 2.75) is 18.7 Å². The summed E-state index contributed by atoms with van der Waals surface area (Å²) in [6, 6.07) is 14.4. The van der Waals surface area contributed by atoms with Gasteiger partial charge in [-0.1, -0.05) is 42.5 Å². The van der Waals surface area contributed by atoms with Crippen molar-refractivity contribution >= 4 is 27.3 Å². The maximum Gasteiger partial charge on any atom is 0.292 e. The highest BCUT2D eigenvalue weighted by atomic mass is 32.2. The van der Waals surface area contributed by atoms with E-state index in [1.54, 1.807) is 37.3 Å². The third-order valence-corrected chi connectivity index (χ3v) is 6.99. The van der Waals surface area contributed by atoms with E-state index in [-0.39, 0.29) is 36.1 Å². The minimum absolute atomic E-state index is 0.0540. The molecule has 1 aliphatic rings. The van der Waals surface area contributed by atoms with Crippen LogP contribution in [-0.2, 0) is 20.6 Å². The predicted molar refractivity (Wildman–Crippen MR) is 113 cm³/mol. The zero-order chi connectivity index (χ0) is 21.7. The molecular formula is C20H24N4O5S. The monoisotopic (exact) mass is 432 g/mol. The van der Waals surface area contributed by atoms with Crippen molar-refractivity contribution in [1.29, 1.82) is 0 Å². The Hall–Kier alpha value is -2.82. The van der Waals surface area contributed by atoms with Crippen LogP contribution in [0.2, 0.25) is 0 Å². The molecule has 1 saturated heterocycles. The van der Waals surface area contributed by atoms with Gasteiger partial charge in [-0.25, -0.2) is 8.42 Å². The molecule has 9 nitrogen and oxygen atoms in total. The number of hydrogen-bond acceptors (Lipinski definition) is 6. The lowest BCUT2D eigenvalue weighted by atomic mass is 10.2. The lowest BCUT2D eigenvalue weighted by Crippen LogP contribution is -2.54. The first kappa shape index (κ1) is 21.9. The van der Waals surface area contributed by atoms with Crippen LogP contribution in [0.4, 0.5) is 11.4 Å². The topological polar surface area (TPSA) is 113 Å². The largest absolute Gasteiger partial charge is 0.319 e. The van der Waals surface area contributed by atoms with Crippen molar-refractivity contribution in [2.75, 3.05) is 31.5 Å². The summed E-state index contributed by atoms with van der Waals surface area (Å²) in [6.45, 7) is 3.09. The highest BCUT2D eigenvalue weighted by molar-refractivity contribution is 7.88. The highest BCUT2D eigenvalue weighted by Crippen LogP contribution is 2.24. The summed E-state index contributed by atoms with van der Waals surface area (Å²) >= 11 is 0. The number of nitrogens with one attached hydrogen (secondary N) is 1. The normalized spacial score (nSPS) is 16.7. The zero-order valence-corrected chi connectivity index (χ0v) is 17.4. The molecular weight excluding hydrogens is 408 g/mol. The second kappa shape index (κ2) is 9.33. The molecule has 1 N–H and O–H groups in total. The molecule has 1 atom stereocenters. The second-order valence-corrected chi connectivity index (χ2v) is 9.09. The Labute approximate surface area is 175 Å². The van der Waals surface area contributed by atoms with Crippen LogP contribution in [0.15, 0.2) is 54.6 Å². The SMILES string of the molecule is C[C@H](C(=O)Nc1ccccc1[N+](=O)[O-])N1CCN(S(=O)(=O)Cc2ccccc2)CC1. The van der Waals surface area contributed by atoms with Crippen LogP contribution in [0.1, 0.15) is 12.5 Å². The molecule has 0 aliphatic carbocycles.